The van der Waals surface area contributed by atoms with E-state index < -0.39 is 12.0 Å². The number of carbonyl (C=O) groups excluding carboxylic acids is 1. The lowest BCUT2D eigenvalue weighted by molar-refractivity contribution is -0.137. The molecule has 2 N–H and O–H groups in total. The van der Waals surface area contributed by atoms with E-state index in [0.29, 0.717) is 12.8 Å². The molecule has 8 nitrogen and oxygen atoms in total. The maximum absolute atomic E-state index is 11.2. The quantitative estimate of drug-likeness (QED) is 0.293. The summed E-state index contributed by atoms with van der Waals surface area (Å²) in [6.45, 7) is 0.829. The van der Waals surface area contributed by atoms with Crippen LogP contribution in [0, 0.1) is 0 Å². The fraction of sp³-hybridized carbons (Fsp3) is 0.440. The summed E-state index contributed by atoms with van der Waals surface area (Å²) in [6.07, 6.45) is 1.99. The number of methoxy groups -OCH3 is 1. The number of para-hydroxylation sites is 1. The second-order valence-electron chi connectivity index (χ2n) is 8.07. The molecule has 0 aromatic heterocycles. The van der Waals surface area contributed by atoms with Gasteiger partial charge in [-0.05, 0) is 62.7 Å². The van der Waals surface area contributed by atoms with Gasteiger partial charge in [0.25, 0.3) is 0 Å². The number of carboxylic acid groups (broad SMARTS) is 1. The van der Waals surface area contributed by atoms with Crippen molar-refractivity contribution in [2.45, 2.75) is 37.8 Å². The Morgan fingerprint density at radius 2 is 1.94 bits per heavy atom. The standard InChI is InChI=1S/C25H34N2O6/c1-27(2)16-23(33-26-21(17-28)13-14-25(29)30)18-32-24-10-5-4-8-20(24)12-11-19-7-6-9-22(15-19)31-3/h4-10,15,17,21,23,26H,11-14,16,18H2,1-3H3,(H,29,30)/t21-,23-/m0/s1. The number of hydrogen-bond acceptors (Lipinski definition) is 7. The summed E-state index contributed by atoms with van der Waals surface area (Å²) in [5.41, 5.74) is 4.96. The number of hydroxylamine groups is 1. The summed E-state index contributed by atoms with van der Waals surface area (Å²) in [6, 6.07) is 15.2. The molecule has 0 aliphatic rings. The minimum Gasteiger partial charge on any atom is -0.497 e. The van der Waals surface area contributed by atoms with Crippen LogP contribution in [0.5, 0.6) is 11.5 Å². The third-order valence-corrected chi connectivity index (χ3v) is 5.00. The zero-order valence-electron chi connectivity index (χ0n) is 19.5. The smallest absolute Gasteiger partial charge is 0.303 e. The highest BCUT2D eigenvalue weighted by molar-refractivity contribution is 5.68. The monoisotopic (exact) mass is 458 g/mol. The number of aryl methyl sites for hydroxylation is 2. The van der Waals surface area contributed by atoms with Crippen molar-refractivity contribution in [3.05, 3.63) is 59.7 Å². The van der Waals surface area contributed by atoms with E-state index in [1.807, 2.05) is 61.5 Å². The average Bonchev–Trinajstić information content (AvgIpc) is 2.81. The first-order chi connectivity index (χ1) is 15.9. The SMILES string of the molecule is COc1cccc(CCc2ccccc2OC[C@H](CN(C)C)ON[C@H](C=O)CCC(=O)O)c1. The molecular weight excluding hydrogens is 424 g/mol. The number of nitrogens with one attached hydrogen (secondary N) is 1. The maximum atomic E-state index is 11.2. The van der Waals surface area contributed by atoms with Gasteiger partial charge in [0.15, 0.2) is 0 Å². The molecule has 2 rings (SSSR count). The lowest BCUT2D eigenvalue weighted by atomic mass is 10.0. The number of aldehydes is 1. The van der Waals surface area contributed by atoms with E-state index >= 15 is 0 Å². The first kappa shape index (κ1) is 26.3. The highest BCUT2D eigenvalue weighted by atomic mass is 16.7. The second kappa shape index (κ2) is 14.3. The van der Waals surface area contributed by atoms with Crippen molar-refractivity contribution >= 4 is 12.3 Å². The van der Waals surface area contributed by atoms with E-state index in [-0.39, 0.29) is 25.6 Å². The lowest BCUT2D eigenvalue weighted by Gasteiger charge is -2.24. The Balaban J connectivity index is 1.96. The molecule has 2 aromatic rings. The molecule has 0 saturated carbocycles. The van der Waals surface area contributed by atoms with Gasteiger partial charge in [0.2, 0.25) is 0 Å². The Kier molecular flexibility index (Phi) is 11.4. The number of carboxylic acids is 1. The van der Waals surface area contributed by atoms with Crippen molar-refractivity contribution in [2.75, 3.05) is 34.4 Å². The molecule has 0 spiro atoms. The third-order valence-electron chi connectivity index (χ3n) is 5.00. The van der Waals surface area contributed by atoms with Crippen LogP contribution in [-0.2, 0) is 27.3 Å². The van der Waals surface area contributed by atoms with Gasteiger partial charge in [-0.3, -0.25) is 9.63 Å². The van der Waals surface area contributed by atoms with Crippen molar-refractivity contribution in [3.63, 3.8) is 0 Å². The second-order valence-corrected chi connectivity index (χ2v) is 8.07. The lowest BCUT2D eigenvalue weighted by Crippen LogP contribution is -2.41. The van der Waals surface area contributed by atoms with E-state index in [1.165, 1.54) is 5.56 Å². The predicted molar refractivity (Wildman–Crippen MR) is 126 cm³/mol. The molecule has 2 atom stereocenters. The molecule has 0 heterocycles. The van der Waals surface area contributed by atoms with Gasteiger partial charge in [0.05, 0.1) is 13.2 Å². The largest absolute Gasteiger partial charge is 0.497 e. The van der Waals surface area contributed by atoms with Crippen LogP contribution < -0.4 is 15.0 Å². The van der Waals surface area contributed by atoms with Gasteiger partial charge >= 0.3 is 5.97 Å². The molecule has 0 aliphatic carbocycles. The molecule has 0 unspecified atom stereocenters. The van der Waals surface area contributed by atoms with E-state index in [2.05, 4.69) is 11.5 Å². The molecule has 8 heteroatoms. The molecule has 0 aliphatic heterocycles. The molecule has 0 fully saturated rings. The topological polar surface area (TPSA) is 97.3 Å². The molecule has 0 amide bonds. The number of aliphatic carboxylic acids is 1. The Labute approximate surface area is 195 Å². The van der Waals surface area contributed by atoms with Gasteiger partial charge < -0.3 is 24.3 Å². The number of ether oxygens (including phenoxy) is 2. The highest BCUT2D eigenvalue weighted by Crippen LogP contribution is 2.22. The Bertz CT molecular complexity index is 873. The third kappa shape index (κ3) is 10.0. The van der Waals surface area contributed by atoms with Gasteiger partial charge in [0.1, 0.15) is 30.5 Å². The molecular formula is C25H34N2O6. The van der Waals surface area contributed by atoms with E-state index in [4.69, 9.17) is 19.4 Å². The van der Waals surface area contributed by atoms with E-state index in [9.17, 15) is 9.59 Å². The normalized spacial score (nSPS) is 12.8. The van der Waals surface area contributed by atoms with Crippen LogP contribution >= 0.6 is 0 Å². The van der Waals surface area contributed by atoms with Gasteiger partial charge in [-0.25, -0.2) is 0 Å². The number of hydrogen-bond donors (Lipinski definition) is 2. The molecule has 33 heavy (non-hydrogen) atoms. The van der Waals surface area contributed by atoms with Gasteiger partial charge in [-0.1, -0.05) is 30.3 Å². The molecule has 0 radical (unpaired) electrons. The summed E-state index contributed by atoms with van der Waals surface area (Å²) in [7, 11) is 5.49. The van der Waals surface area contributed by atoms with Crippen LogP contribution in [0.1, 0.15) is 24.0 Å². The molecule has 0 bridgehead atoms. The molecule has 0 saturated heterocycles. The minimum absolute atomic E-state index is 0.116. The van der Waals surface area contributed by atoms with Crippen molar-refractivity contribution in [2.24, 2.45) is 0 Å². The number of benzene rings is 2. The zero-order chi connectivity index (χ0) is 24.1. The van der Waals surface area contributed by atoms with Crippen molar-refractivity contribution in [3.8, 4) is 11.5 Å². The van der Waals surface area contributed by atoms with E-state index in [0.717, 1.165) is 29.9 Å². The molecule has 180 valence electrons. The summed E-state index contributed by atoms with van der Waals surface area (Å²) in [5, 5.41) is 8.82. The van der Waals surface area contributed by atoms with Crippen LogP contribution in [0.15, 0.2) is 48.5 Å². The first-order valence-electron chi connectivity index (χ1n) is 11.0. The van der Waals surface area contributed by atoms with E-state index in [1.54, 1.807) is 7.11 Å². The fourth-order valence-corrected chi connectivity index (χ4v) is 3.29. The number of carbonyl (C=O) groups is 2. The van der Waals surface area contributed by atoms with Crippen molar-refractivity contribution in [1.29, 1.82) is 0 Å². The Morgan fingerprint density at radius 1 is 1.15 bits per heavy atom. The van der Waals surface area contributed by atoms with Crippen molar-refractivity contribution < 1.29 is 29.0 Å². The van der Waals surface area contributed by atoms with Gasteiger partial charge in [-0.2, -0.15) is 5.48 Å². The zero-order valence-corrected chi connectivity index (χ0v) is 19.5. The minimum atomic E-state index is -0.956. The van der Waals surface area contributed by atoms with Crippen LogP contribution in [0.25, 0.3) is 0 Å². The summed E-state index contributed by atoms with van der Waals surface area (Å²) in [5.74, 6) is 0.665. The summed E-state index contributed by atoms with van der Waals surface area (Å²) < 4.78 is 11.4. The highest BCUT2D eigenvalue weighted by Gasteiger charge is 2.17. The average molecular weight is 459 g/mol. The van der Waals surface area contributed by atoms with Crippen LogP contribution in [0.3, 0.4) is 0 Å². The molecule has 2 aromatic carbocycles. The Hall–Kier alpha value is -2.94. The van der Waals surface area contributed by atoms with Gasteiger partial charge in [-0.15, -0.1) is 0 Å². The van der Waals surface area contributed by atoms with Crippen LogP contribution in [0.2, 0.25) is 0 Å². The summed E-state index contributed by atoms with van der Waals surface area (Å²) >= 11 is 0. The number of nitrogens with zero attached hydrogens (tertiary/aromatic N) is 1. The predicted octanol–water partition coefficient (Wildman–Crippen LogP) is 2.74. The fourth-order valence-electron chi connectivity index (χ4n) is 3.29. The van der Waals surface area contributed by atoms with Crippen LogP contribution in [0.4, 0.5) is 0 Å². The van der Waals surface area contributed by atoms with Crippen LogP contribution in [-0.4, -0.2) is 68.8 Å². The van der Waals surface area contributed by atoms with Crippen molar-refractivity contribution in [1.82, 2.24) is 10.4 Å². The Morgan fingerprint density at radius 3 is 2.64 bits per heavy atom. The number of likely N-dealkylation sites (N-methyl/N-ethyl adjacent to an activating group) is 1. The first-order valence-corrected chi connectivity index (χ1v) is 11.0. The van der Waals surface area contributed by atoms with Gasteiger partial charge in [0, 0.05) is 13.0 Å². The number of rotatable bonds is 16. The summed E-state index contributed by atoms with van der Waals surface area (Å²) in [4.78, 5) is 29.6. The maximum Gasteiger partial charge on any atom is 0.303 e.